The lowest BCUT2D eigenvalue weighted by Crippen LogP contribution is -2.23. The number of hydrogen-bond donors (Lipinski definition) is 2. The topological polar surface area (TPSA) is 79.5 Å². The normalized spacial score (nSPS) is 10.4. The van der Waals surface area contributed by atoms with Crippen molar-refractivity contribution in [1.82, 2.24) is 5.32 Å². The van der Waals surface area contributed by atoms with E-state index < -0.39 is 5.97 Å². The third-order valence-electron chi connectivity index (χ3n) is 2.98. The fourth-order valence-corrected chi connectivity index (χ4v) is 2.26. The summed E-state index contributed by atoms with van der Waals surface area (Å²) in [5, 5.41) is 11.5. The summed E-state index contributed by atoms with van der Waals surface area (Å²) in [4.78, 5) is 23.9. The number of carbonyl (C=O) groups excluding carboxylic acids is 1. The Morgan fingerprint density at radius 3 is 2.67 bits per heavy atom. The van der Waals surface area contributed by atoms with Gasteiger partial charge in [-0.1, -0.05) is 6.07 Å². The number of hydrogen-bond acceptors (Lipinski definition) is 4. The van der Waals surface area contributed by atoms with Crippen LogP contribution in [0.15, 0.2) is 39.6 Å². The van der Waals surface area contributed by atoms with Crippen LogP contribution in [-0.2, 0) is 6.54 Å². The van der Waals surface area contributed by atoms with Crippen molar-refractivity contribution in [2.75, 3.05) is 6.26 Å². The monoisotopic (exact) mass is 305 g/mol. The van der Waals surface area contributed by atoms with Gasteiger partial charge >= 0.3 is 5.97 Å². The summed E-state index contributed by atoms with van der Waals surface area (Å²) in [6.45, 7) is 2.02. The highest BCUT2D eigenvalue weighted by Crippen LogP contribution is 2.19. The number of carboxylic acid groups (broad SMARTS) is 1. The van der Waals surface area contributed by atoms with E-state index >= 15 is 0 Å². The van der Waals surface area contributed by atoms with Crippen LogP contribution in [-0.4, -0.2) is 23.2 Å². The summed E-state index contributed by atoms with van der Waals surface area (Å²) in [6.07, 6.45) is 1.95. The number of rotatable bonds is 5. The van der Waals surface area contributed by atoms with Crippen LogP contribution in [0.3, 0.4) is 0 Å². The number of furan rings is 1. The summed E-state index contributed by atoms with van der Waals surface area (Å²) in [5.41, 5.74) is 1.49. The van der Waals surface area contributed by atoms with Crippen molar-refractivity contribution in [2.24, 2.45) is 0 Å². The molecule has 21 heavy (non-hydrogen) atoms. The average Bonchev–Trinajstić information content (AvgIpc) is 2.94. The van der Waals surface area contributed by atoms with Gasteiger partial charge in [0.1, 0.15) is 5.76 Å². The zero-order chi connectivity index (χ0) is 15.4. The third kappa shape index (κ3) is 3.66. The molecule has 0 fully saturated rings. The average molecular weight is 305 g/mol. The van der Waals surface area contributed by atoms with Gasteiger partial charge in [-0.2, -0.15) is 0 Å². The second kappa shape index (κ2) is 6.49. The van der Waals surface area contributed by atoms with Crippen LogP contribution >= 0.6 is 11.8 Å². The Labute approximate surface area is 126 Å². The van der Waals surface area contributed by atoms with Crippen molar-refractivity contribution in [2.45, 2.75) is 18.4 Å². The van der Waals surface area contributed by atoms with Crippen molar-refractivity contribution in [1.29, 1.82) is 0 Å². The third-order valence-corrected chi connectivity index (χ3v) is 3.71. The molecule has 0 aliphatic heterocycles. The number of carbonyl (C=O) groups is 2. The number of amides is 1. The van der Waals surface area contributed by atoms with Crippen LogP contribution in [0.2, 0.25) is 0 Å². The molecule has 0 saturated carbocycles. The molecule has 0 saturated heterocycles. The fraction of sp³-hybridized carbons (Fsp3) is 0.200. The summed E-state index contributed by atoms with van der Waals surface area (Å²) < 4.78 is 5.09. The Morgan fingerprint density at radius 1 is 1.29 bits per heavy atom. The number of thioether (sulfide) groups is 1. The lowest BCUT2D eigenvalue weighted by atomic mass is 10.1. The SMILES string of the molecule is CSc1ccc(C)c(C(=O)NCc2ccc(C(=O)O)o2)c1. The summed E-state index contributed by atoms with van der Waals surface area (Å²) in [6, 6.07) is 8.59. The minimum absolute atomic E-state index is 0.139. The molecule has 0 bridgehead atoms. The maximum atomic E-state index is 12.2. The van der Waals surface area contributed by atoms with Crippen molar-refractivity contribution >= 4 is 23.6 Å². The predicted octanol–water partition coefficient (Wildman–Crippen LogP) is 2.94. The van der Waals surface area contributed by atoms with E-state index in [0.717, 1.165) is 10.5 Å². The Bertz CT molecular complexity index is 678. The van der Waals surface area contributed by atoms with E-state index in [1.165, 1.54) is 12.1 Å². The smallest absolute Gasteiger partial charge is 0.371 e. The van der Waals surface area contributed by atoms with Gasteiger partial charge < -0.3 is 14.8 Å². The largest absolute Gasteiger partial charge is 0.475 e. The molecule has 0 radical (unpaired) electrons. The number of nitrogens with one attached hydrogen (secondary N) is 1. The minimum atomic E-state index is -1.13. The van der Waals surface area contributed by atoms with Gasteiger partial charge in [-0.15, -0.1) is 11.8 Å². The highest BCUT2D eigenvalue weighted by molar-refractivity contribution is 7.98. The molecule has 1 heterocycles. The zero-order valence-corrected chi connectivity index (χ0v) is 12.5. The molecule has 110 valence electrons. The molecule has 2 N–H and O–H groups in total. The molecular formula is C15H15NO4S. The van der Waals surface area contributed by atoms with E-state index in [-0.39, 0.29) is 18.2 Å². The number of carboxylic acids is 1. The Hall–Kier alpha value is -2.21. The second-order valence-corrected chi connectivity index (χ2v) is 5.31. The molecule has 0 aliphatic carbocycles. The zero-order valence-electron chi connectivity index (χ0n) is 11.7. The Kier molecular flexibility index (Phi) is 4.70. The van der Waals surface area contributed by atoms with E-state index in [4.69, 9.17) is 9.52 Å². The minimum Gasteiger partial charge on any atom is -0.475 e. The Morgan fingerprint density at radius 2 is 2.05 bits per heavy atom. The van der Waals surface area contributed by atoms with Crippen molar-refractivity contribution in [3.8, 4) is 0 Å². The van der Waals surface area contributed by atoms with Gasteiger partial charge in [0.15, 0.2) is 0 Å². The highest BCUT2D eigenvalue weighted by atomic mass is 32.2. The molecule has 0 unspecified atom stereocenters. The predicted molar refractivity (Wildman–Crippen MR) is 79.8 cm³/mol. The summed E-state index contributed by atoms with van der Waals surface area (Å²) in [7, 11) is 0. The molecule has 0 aliphatic rings. The first-order valence-corrected chi connectivity index (χ1v) is 7.48. The number of aromatic carboxylic acids is 1. The van der Waals surface area contributed by atoms with Gasteiger partial charge in [0.05, 0.1) is 6.54 Å². The standard InChI is InChI=1S/C15H15NO4S/c1-9-3-5-11(21-2)7-12(9)14(17)16-8-10-4-6-13(20-10)15(18)19/h3-7H,8H2,1-2H3,(H,16,17)(H,18,19). The van der Waals surface area contributed by atoms with Crippen LogP contribution in [0, 0.1) is 6.92 Å². The molecule has 2 rings (SSSR count). The van der Waals surface area contributed by atoms with E-state index in [1.54, 1.807) is 11.8 Å². The van der Waals surface area contributed by atoms with Gasteiger partial charge in [-0.25, -0.2) is 4.79 Å². The van der Waals surface area contributed by atoms with E-state index in [2.05, 4.69) is 5.32 Å². The van der Waals surface area contributed by atoms with Crippen LogP contribution < -0.4 is 5.32 Å². The Balaban J connectivity index is 2.05. The van der Waals surface area contributed by atoms with Gasteiger partial charge in [0.25, 0.3) is 5.91 Å². The lowest BCUT2D eigenvalue weighted by Gasteiger charge is -2.08. The number of benzene rings is 1. The van der Waals surface area contributed by atoms with Crippen molar-refractivity contribution < 1.29 is 19.1 Å². The van der Waals surface area contributed by atoms with Crippen LogP contribution in [0.1, 0.15) is 32.2 Å². The molecule has 0 spiro atoms. The molecule has 5 nitrogen and oxygen atoms in total. The summed E-state index contributed by atoms with van der Waals surface area (Å²) >= 11 is 1.57. The van der Waals surface area contributed by atoms with Crippen molar-refractivity contribution in [3.05, 3.63) is 53.0 Å². The van der Waals surface area contributed by atoms with Crippen LogP contribution in [0.5, 0.6) is 0 Å². The fourth-order valence-electron chi connectivity index (χ4n) is 1.82. The van der Waals surface area contributed by atoms with E-state index in [1.807, 2.05) is 31.4 Å². The van der Waals surface area contributed by atoms with Crippen LogP contribution in [0.4, 0.5) is 0 Å². The lowest BCUT2D eigenvalue weighted by molar-refractivity contribution is 0.0660. The second-order valence-electron chi connectivity index (χ2n) is 4.43. The van der Waals surface area contributed by atoms with Crippen LogP contribution in [0.25, 0.3) is 0 Å². The maximum absolute atomic E-state index is 12.2. The van der Waals surface area contributed by atoms with E-state index in [9.17, 15) is 9.59 Å². The first-order valence-electron chi connectivity index (χ1n) is 6.26. The van der Waals surface area contributed by atoms with Gasteiger partial charge in [-0.3, -0.25) is 4.79 Å². The van der Waals surface area contributed by atoms with E-state index in [0.29, 0.717) is 11.3 Å². The molecule has 6 heteroatoms. The molecule has 2 aromatic rings. The molecule has 0 atom stereocenters. The molecular weight excluding hydrogens is 290 g/mol. The quantitative estimate of drug-likeness (QED) is 0.830. The summed E-state index contributed by atoms with van der Waals surface area (Å²) in [5.74, 6) is -1.08. The molecule has 1 aromatic carbocycles. The first-order chi connectivity index (χ1) is 10.0. The van der Waals surface area contributed by atoms with Gasteiger partial charge in [0, 0.05) is 10.5 Å². The van der Waals surface area contributed by atoms with Gasteiger partial charge in [0.2, 0.25) is 5.76 Å². The first kappa shape index (κ1) is 15.2. The maximum Gasteiger partial charge on any atom is 0.371 e. The molecule has 1 amide bonds. The van der Waals surface area contributed by atoms with Crippen molar-refractivity contribution in [3.63, 3.8) is 0 Å². The molecule has 1 aromatic heterocycles. The number of aryl methyl sites for hydroxylation is 1. The highest BCUT2D eigenvalue weighted by Gasteiger charge is 2.12. The van der Waals surface area contributed by atoms with Gasteiger partial charge in [-0.05, 0) is 43.0 Å².